The summed E-state index contributed by atoms with van der Waals surface area (Å²) >= 11 is 0. The van der Waals surface area contributed by atoms with E-state index in [0.29, 0.717) is 11.1 Å². The van der Waals surface area contributed by atoms with Crippen LogP contribution in [-0.2, 0) is 5.41 Å². The predicted octanol–water partition coefficient (Wildman–Crippen LogP) is 8.97. The van der Waals surface area contributed by atoms with E-state index in [0.717, 1.165) is 48.5 Å². The molecule has 2 aromatic carbocycles. The molecule has 0 heterocycles. The molecule has 0 bridgehead atoms. The second-order valence-corrected chi connectivity index (χ2v) is 9.61. The minimum atomic E-state index is -6.09. The van der Waals surface area contributed by atoms with Crippen LogP contribution in [0.25, 0.3) is 0 Å². The lowest BCUT2D eigenvalue weighted by molar-refractivity contribution is -0.272. The highest BCUT2D eigenvalue weighted by molar-refractivity contribution is 5.44. The van der Waals surface area contributed by atoms with Crippen molar-refractivity contribution in [2.24, 2.45) is 0 Å². The molecule has 0 aliphatic heterocycles. The van der Waals surface area contributed by atoms with Crippen molar-refractivity contribution in [3.05, 3.63) is 82.8 Å². The Bertz CT molecular complexity index is 1310. The minimum absolute atomic E-state index is 0.303. The van der Waals surface area contributed by atoms with Crippen molar-refractivity contribution in [3.63, 3.8) is 0 Å². The number of benzene rings is 2. The Labute approximate surface area is 220 Å². The first-order valence-electron chi connectivity index (χ1n) is 11.1. The molecule has 16 heteroatoms. The van der Waals surface area contributed by atoms with E-state index in [1.54, 1.807) is 0 Å². The topological polar surface area (TPSA) is 18.5 Å². The van der Waals surface area contributed by atoms with Gasteiger partial charge in [-0.05, 0) is 35.4 Å². The summed E-state index contributed by atoms with van der Waals surface area (Å²) in [5, 5.41) is 0. The number of hydrogen-bond donors (Lipinski definition) is 0. The molecule has 0 radical (unpaired) electrons. The van der Waals surface area contributed by atoms with Crippen LogP contribution in [0.5, 0.6) is 11.5 Å². The molecule has 2 nitrogen and oxygen atoms in total. The summed E-state index contributed by atoms with van der Waals surface area (Å²) in [6.45, 7) is 3.06. The Kier molecular flexibility index (Phi) is 6.52. The number of halogens is 14. The van der Waals surface area contributed by atoms with E-state index in [-0.39, 0.29) is 0 Å². The van der Waals surface area contributed by atoms with Gasteiger partial charge in [0.25, 0.3) is 0 Å². The van der Waals surface area contributed by atoms with Crippen molar-refractivity contribution in [1.29, 1.82) is 0 Å². The van der Waals surface area contributed by atoms with E-state index in [1.807, 2.05) is 0 Å². The molecule has 4 rings (SSSR count). The first-order valence-corrected chi connectivity index (χ1v) is 11.1. The maximum absolute atomic E-state index is 13.8. The highest BCUT2D eigenvalue weighted by Gasteiger charge is 2.83. The van der Waals surface area contributed by atoms with Gasteiger partial charge in [-0.25, -0.2) is 8.78 Å². The Morgan fingerprint density at radius 3 is 0.951 bits per heavy atom. The molecule has 0 saturated carbocycles. The summed E-state index contributed by atoms with van der Waals surface area (Å²) in [5.74, 6) is -48.0. The van der Waals surface area contributed by atoms with E-state index in [4.69, 9.17) is 0 Å². The first-order chi connectivity index (χ1) is 18.5. The average Bonchev–Trinajstić information content (AvgIpc) is 3.02. The van der Waals surface area contributed by atoms with Gasteiger partial charge in [0.05, 0.1) is 0 Å². The van der Waals surface area contributed by atoms with Crippen molar-refractivity contribution in [2.45, 2.75) is 54.8 Å². The molecule has 0 amide bonds. The molecule has 0 spiro atoms. The lowest BCUT2D eigenvalue weighted by Gasteiger charge is -2.27. The van der Waals surface area contributed by atoms with Crippen LogP contribution in [0.4, 0.5) is 61.5 Å². The number of rotatable bonds is 6. The standard InChI is InChI=1S/C25H14F14O2/c1-19(2,11-3-7-13(8-4-11)40-17-15(26)20(28,29)24(36,37)22(17,32)33)12-5-9-14(10-6-12)41-18-16(27)21(30,31)25(38,39)23(18,34)35/h3-10H,1-2H3. The van der Waals surface area contributed by atoms with Gasteiger partial charge in [0, 0.05) is 5.41 Å². The van der Waals surface area contributed by atoms with Crippen molar-refractivity contribution in [1.82, 2.24) is 0 Å². The smallest absolute Gasteiger partial charge is 0.386 e. The third kappa shape index (κ3) is 3.99. The predicted molar refractivity (Wildman–Crippen MR) is 112 cm³/mol. The monoisotopic (exact) mass is 612 g/mol. The van der Waals surface area contributed by atoms with Crippen LogP contribution in [0.15, 0.2) is 71.7 Å². The summed E-state index contributed by atoms with van der Waals surface area (Å²) in [6, 6.07) is 8.12. The summed E-state index contributed by atoms with van der Waals surface area (Å²) in [5.41, 5.74) is -0.477. The number of allylic oxidation sites excluding steroid dienone is 4. The van der Waals surface area contributed by atoms with Gasteiger partial charge >= 0.3 is 35.5 Å². The molecule has 0 aromatic heterocycles. The quantitative estimate of drug-likeness (QED) is 0.304. The SMILES string of the molecule is CC(C)(c1ccc(OC2=C(F)C(F)(F)C(F)(F)C2(F)F)cc1)c1ccc(OC2=C(F)C(F)(F)C(F)(F)C2(F)F)cc1. The lowest BCUT2D eigenvalue weighted by atomic mass is 9.78. The van der Waals surface area contributed by atoms with E-state index in [2.05, 4.69) is 9.47 Å². The molecule has 0 fully saturated rings. The second kappa shape index (κ2) is 8.77. The van der Waals surface area contributed by atoms with Gasteiger partial charge in [0.15, 0.2) is 0 Å². The summed E-state index contributed by atoms with van der Waals surface area (Å²) in [7, 11) is 0. The zero-order valence-corrected chi connectivity index (χ0v) is 20.2. The van der Waals surface area contributed by atoms with Crippen molar-refractivity contribution in [3.8, 4) is 11.5 Å². The van der Waals surface area contributed by atoms with Crippen LogP contribution in [0.3, 0.4) is 0 Å². The van der Waals surface area contributed by atoms with Crippen LogP contribution in [0.2, 0.25) is 0 Å². The Morgan fingerprint density at radius 2 is 0.732 bits per heavy atom. The zero-order chi connectivity index (χ0) is 31.2. The second-order valence-electron chi connectivity index (χ2n) is 9.61. The highest BCUT2D eigenvalue weighted by atomic mass is 19.4. The first kappa shape index (κ1) is 30.5. The number of alkyl halides is 12. The third-order valence-electron chi connectivity index (χ3n) is 6.69. The Balaban J connectivity index is 1.55. The molecule has 2 aliphatic rings. The van der Waals surface area contributed by atoms with Gasteiger partial charge in [-0.3, -0.25) is 0 Å². The molecule has 41 heavy (non-hydrogen) atoms. The van der Waals surface area contributed by atoms with Gasteiger partial charge in [0.1, 0.15) is 11.5 Å². The van der Waals surface area contributed by atoms with Crippen molar-refractivity contribution >= 4 is 0 Å². The molecule has 0 N–H and O–H groups in total. The van der Waals surface area contributed by atoms with Gasteiger partial charge in [-0.15, -0.1) is 0 Å². The van der Waals surface area contributed by atoms with E-state index in [1.165, 1.54) is 13.8 Å². The van der Waals surface area contributed by atoms with E-state index < -0.39 is 75.6 Å². The largest absolute Gasteiger partial charge is 0.452 e. The van der Waals surface area contributed by atoms with Crippen LogP contribution < -0.4 is 9.47 Å². The fraction of sp³-hybridized carbons (Fsp3) is 0.360. The zero-order valence-electron chi connectivity index (χ0n) is 20.2. The Morgan fingerprint density at radius 1 is 0.463 bits per heavy atom. The average molecular weight is 612 g/mol. The third-order valence-corrected chi connectivity index (χ3v) is 6.69. The lowest BCUT2D eigenvalue weighted by Crippen LogP contribution is -2.49. The van der Waals surface area contributed by atoms with Crippen molar-refractivity contribution < 1.29 is 70.9 Å². The molecule has 2 aromatic rings. The summed E-state index contributed by atoms with van der Waals surface area (Å²) < 4.78 is 198. The molecule has 0 saturated heterocycles. The molecular formula is C25H14F14O2. The Hall–Kier alpha value is -3.46. The molecular weight excluding hydrogens is 598 g/mol. The van der Waals surface area contributed by atoms with Crippen LogP contribution >= 0.6 is 0 Å². The van der Waals surface area contributed by atoms with E-state index >= 15 is 0 Å². The van der Waals surface area contributed by atoms with Crippen molar-refractivity contribution in [2.75, 3.05) is 0 Å². The molecule has 224 valence electrons. The normalized spacial score (nSPS) is 23.6. The van der Waals surface area contributed by atoms with Crippen LogP contribution in [0.1, 0.15) is 25.0 Å². The number of hydrogen-bond acceptors (Lipinski definition) is 2. The van der Waals surface area contributed by atoms with Crippen LogP contribution in [-0.4, -0.2) is 35.5 Å². The van der Waals surface area contributed by atoms with Gasteiger partial charge in [-0.1, -0.05) is 38.1 Å². The van der Waals surface area contributed by atoms with E-state index in [9.17, 15) is 61.5 Å². The molecule has 0 atom stereocenters. The van der Waals surface area contributed by atoms with Gasteiger partial charge in [0.2, 0.25) is 23.2 Å². The molecule has 2 aliphatic carbocycles. The van der Waals surface area contributed by atoms with Gasteiger partial charge in [-0.2, -0.15) is 52.7 Å². The fourth-order valence-corrected chi connectivity index (χ4v) is 4.02. The van der Waals surface area contributed by atoms with Gasteiger partial charge < -0.3 is 9.47 Å². The summed E-state index contributed by atoms with van der Waals surface area (Å²) in [6.07, 6.45) is 0. The summed E-state index contributed by atoms with van der Waals surface area (Å²) in [4.78, 5) is 0. The number of ether oxygens (including phenoxy) is 2. The fourth-order valence-electron chi connectivity index (χ4n) is 4.02. The minimum Gasteiger partial charge on any atom is -0.452 e. The van der Waals surface area contributed by atoms with Crippen LogP contribution in [0, 0.1) is 0 Å². The molecule has 0 unspecified atom stereocenters. The maximum Gasteiger partial charge on any atom is 0.386 e. The highest BCUT2D eigenvalue weighted by Crippen LogP contribution is 2.61. The maximum atomic E-state index is 13.8.